The fourth-order valence-corrected chi connectivity index (χ4v) is 1.95. The Morgan fingerprint density at radius 2 is 1.63 bits per heavy atom. The molecule has 19 heavy (non-hydrogen) atoms. The standard InChI is InChI=1S/C14H9ClF3O/c15-12-7-6-10(14(16,17)18)8-11(12)13(19)9-4-2-1-3-5-9/h1-8,13H. The normalized spacial score (nSPS) is 13.3. The molecule has 1 nitrogen and oxygen atoms in total. The van der Waals surface area contributed by atoms with Gasteiger partial charge in [-0.05, 0) is 23.8 Å². The van der Waals surface area contributed by atoms with Crippen LogP contribution in [0.2, 0.25) is 5.02 Å². The zero-order valence-corrected chi connectivity index (χ0v) is 10.4. The van der Waals surface area contributed by atoms with Crippen molar-refractivity contribution in [1.82, 2.24) is 0 Å². The Hall–Kier alpha value is -1.52. The molecule has 0 amide bonds. The van der Waals surface area contributed by atoms with Crippen LogP contribution in [0.4, 0.5) is 13.2 Å². The molecule has 1 radical (unpaired) electrons. The van der Waals surface area contributed by atoms with Crippen LogP contribution in [-0.4, -0.2) is 0 Å². The lowest BCUT2D eigenvalue weighted by Crippen LogP contribution is -2.07. The van der Waals surface area contributed by atoms with Gasteiger partial charge in [-0.25, -0.2) is 5.11 Å². The average Bonchev–Trinajstić information content (AvgIpc) is 2.38. The van der Waals surface area contributed by atoms with Crippen molar-refractivity contribution >= 4 is 11.6 Å². The fraction of sp³-hybridized carbons (Fsp3) is 0.143. The van der Waals surface area contributed by atoms with E-state index in [4.69, 9.17) is 11.6 Å². The molecule has 0 spiro atoms. The van der Waals surface area contributed by atoms with E-state index in [2.05, 4.69) is 0 Å². The first kappa shape index (κ1) is 13.9. The van der Waals surface area contributed by atoms with Gasteiger partial charge in [-0.1, -0.05) is 41.9 Å². The summed E-state index contributed by atoms with van der Waals surface area (Å²) in [5, 5.41) is 12.2. The van der Waals surface area contributed by atoms with Crippen LogP contribution >= 0.6 is 11.6 Å². The smallest absolute Gasteiger partial charge is 0.223 e. The highest BCUT2D eigenvalue weighted by atomic mass is 35.5. The first-order valence-corrected chi connectivity index (χ1v) is 5.85. The Kier molecular flexibility index (Phi) is 3.83. The quantitative estimate of drug-likeness (QED) is 0.749. The molecular weight excluding hydrogens is 277 g/mol. The molecule has 0 saturated carbocycles. The van der Waals surface area contributed by atoms with E-state index in [0.29, 0.717) is 5.56 Å². The van der Waals surface area contributed by atoms with E-state index in [-0.39, 0.29) is 10.6 Å². The molecule has 99 valence electrons. The van der Waals surface area contributed by atoms with Crippen LogP contribution < -0.4 is 0 Å². The van der Waals surface area contributed by atoms with Gasteiger partial charge in [0.1, 0.15) is 6.10 Å². The van der Waals surface area contributed by atoms with Gasteiger partial charge in [0.15, 0.2) is 0 Å². The maximum Gasteiger partial charge on any atom is 0.416 e. The van der Waals surface area contributed by atoms with Gasteiger partial charge < -0.3 is 0 Å². The molecule has 0 fully saturated rings. The van der Waals surface area contributed by atoms with Crippen LogP contribution in [0.1, 0.15) is 22.8 Å². The van der Waals surface area contributed by atoms with Crippen molar-refractivity contribution < 1.29 is 18.3 Å². The highest BCUT2D eigenvalue weighted by Crippen LogP contribution is 2.35. The highest BCUT2D eigenvalue weighted by Gasteiger charge is 2.32. The molecule has 0 bridgehead atoms. The van der Waals surface area contributed by atoms with Crippen LogP contribution in [0.3, 0.4) is 0 Å². The summed E-state index contributed by atoms with van der Waals surface area (Å²) in [6.07, 6.45) is -5.92. The summed E-state index contributed by atoms with van der Waals surface area (Å²) >= 11 is 5.82. The molecule has 1 atom stereocenters. The summed E-state index contributed by atoms with van der Waals surface area (Å²) in [7, 11) is 0. The number of hydrogen-bond acceptors (Lipinski definition) is 0. The molecule has 1 unspecified atom stereocenters. The predicted octanol–water partition coefficient (Wildman–Crippen LogP) is 4.88. The van der Waals surface area contributed by atoms with E-state index in [9.17, 15) is 18.3 Å². The zero-order chi connectivity index (χ0) is 14.0. The second kappa shape index (κ2) is 5.23. The number of benzene rings is 2. The predicted molar refractivity (Wildman–Crippen MR) is 65.4 cm³/mol. The van der Waals surface area contributed by atoms with Crippen LogP contribution in [0.25, 0.3) is 0 Å². The van der Waals surface area contributed by atoms with Crippen LogP contribution in [0, 0.1) is 0 Å². The van der Waals surface area contributed by atoms with E-state index in [1.807, 2.05) is 0 Å². The van der Waals surface area contributed by atoms with Gasteiger partial charge in [0, 0.05) is 10.6 Å². The maximum absolute atomic E-state index is 12.6. The summed E-state index contributed by atoms with van der Waals surface area (Å²) < 4.78 is 37.9. The molecule has 2 aromatic carbocycles. The molecule has 0 aromatic heterocycles. The highest BCUT2D eigenvalue weighted by molar-refractivity contribution is 6.31. The Morgan fingerprint density at radius 1 is 1.00 bits per heavy atom. The summed E-state index contributed by atoms with van der Waals surface area (Å²) in [6, 6.07) is 10.9. The van der Waals surface area contributed by atoms with Crippen LogP contribution in [-0.2, 0) is 11.3 Å². The molecule has 2 rings (SSSR count). The number of halogens is 4. The van der Waals surface area contributed by atoms with Crippen molar-refractivity contribution in [3.63, 3.8) is 0 Å². The second-order valence-electron chi connectivity index (χ2n) is 4.02. The summed E-state index contributed by atoms with van der Waals surface area (Å²) in [5.41, 5.74) is -0.560. The van der Waals surface area contributed by atoms with E-state index in [1.165, 1.54) is 0 Å². The Balaban J connectivity index is 2.45. The van der Waals surface area contributed by atoms with Crippen molar-refractivity contribution in [2.24, 2.45) is 0 Å². The summed E-state index contributed by atoms with van der Waals surface area (Å²) in [4.78, 5) is 0. The SMILES string of the molecule is [O]C(c1ccccc1)c1cc(C(F)(F)F)ccc1Cl. The van der Waals surface area contributed by atoms with Crippen molar-refractivity contribution in [3.05, 3.63) is 70.2 Å². The third kappa shape index (κ3) is 3.08. The molecule has 0 aliphatic rings. The van der Waals surface area contributed by atoms with Crippen molar-refractivity contribution in [1.29, 1.82) is 0 Å². The van der Waals surface area contributed by atoms with Gasteiger partial charge in [-0.3, -0.25) is 0 Å². The lowest BCUT2D eigenvalue weighted by molar-refractivity contribution is -0.137. The summed E-state index contributed by atoms with van der Waals surface area (Å²) in [6.45, 7) is 0. The van der Waals surface area contributed by atoms with Crippen molar-refractivity contribution in [2.75, 3.05) is 0 Å². The van der Waals surface area contributed by atoms with E-state index in [1.54, 1.807) is 30.3 Å². The lowest BCUT2D eigenvalue weighted by atomic mass is 9.99. The molecule has 0 aliphatic carbocycles. The molecule has 0 aliphatic heterocycles. The van der Waals surface area contributed by atoms with Crippen LogP contribution in [0.15, 0.2) is 48.5 Å². The fourth-order valence-electron chi connectivity index (χ4n) is 1.73. The van der Waals surface area contributed by atoms with Crippen LogP contribution in [0.5, 0.6) is 0 Å². The molecule has 2 aromatic rings. The number of alkyl halides is 3. The van der Waals surface area contributed by atoms with Gasteiger partial charge in [0.25, 0.3) is 0 Å². The number of hydrogen-bond donors (Lipinski definition) is 0. The van der Waals surface area contributed by atoms with Gasteiger partial charge in [0.2, 0.25) is 0 Å². The second-order valence-corrected chi connectivity index (χ2v) is 4.43. The number of rotatable bonds is 2. The third-order valence-corrected chi connectivity index (χ3v) is 3.05. The monoisotopic (exact) mass is 285 g/mol. The Bertz CT molecular complexity index is 567. The molecular formula is C14H9ClF3O. The van der Waals surface area contributed by atoms with Gasteiger partial charge >= 0.3 is 6.18 Å². The van der Waals surface area contributed by atoms with E-state index >= 15 is 0 Å². The minimum Gasteiger partial charge on any atom is -0.223 e. The van der Waals surface area contributed by atoms with E-state index in [0.717, 1.165) is 18.2 Å². The summed E-state index contributed by atoms with van der Waals surface area (Å²) in [5.74, 6) is 0. The van der Waals surface area contributed by atoms with Gasteiger partial charge in [0.05, 0.1) is 5.56 Å². The van der Waals surface area contributed by atoms with E-state index < -0.39 is 17.8 Å². The minimum atomic E-state index is -4.49. The lowest BCUT2D eigenvalue weighted by Gasteiger charge is -2.14. The Labute approximate surface area is 113 Å². The third-order valence-electron chi connectivity index (χ3n) is 2.71. The molecule has 0 heterocycles. The molecule has 0 saturated heterocycles. The Morgan fingerprint density at radius 3 is 2.21 bits per heavy atom. The topological polar surface area (TPSA) is 19.9 Å². The zero-order valence-electron chi connectivity index (χ0n) is 9.62. The minimum absolute atomic E-state index is 0.0388. The largest absolute Gasteiger partial charge is 0.416 e. The van der Waals surface area contributed by atoms with Crippen molar-refractivity contribution in [2.45, 2.75) is 12.3 Å². The maximum atomic E-state index is 12.6. The average molecular weight is 286 g/mol. The first-order chi connectivity index (χ1) is 8.89. The van der Waals surface area contributed by atoms with Crippen molar-refractivity contribution in [3.8, 4) is 0 Å². The van der Waals surface area contributed by atoms with Gasteiger partial charge in [-0.2, -0.15) is 13.2 Å². The van der Waals surface area contributed by atoms with Gasteiger partial charge in [-0.15, -0.1) is 0 Å². The molecule has 5 heteroatoms. The first-order valence-electron chi connectivity index (χ1n) is 5.47. The molecule has 0 N–H and O–H groups in total.